The highest BCUT2D eigenvalue weighted by molar-refractivity contribution is 5.90. The number of nitrogens with one attached hydrogen (secondary N) is 1. The maximum absolute atomic E-state index is 13.6. The highest BCUT2D eigenvalue weighted by atomic mass is 16.5. The van der Waals surface area contributed by atoms with E-state index in [1.54, 1.807) is 11.9 Å². The Bertz CT molecular complexity index is 1300. The van der Waals surface area contributed by atoms with Crippen LogP contribution in [0, 0.1) is 6.92 Å². The third kappa shape index (κ3) is 6.07. The van der Waals surface area contributed by atoms with E-state index in [0.29, 0.717) is 18.7 Å². The predicted molar refractivity (Wildman–Crippen MR) is 139 cm³/mol. The predicted octanol–water partition coefficient (Wildman–Crippen LogP) is 4.91. The molecule has 0 aromatic heterocycles. The molecule has 4 rings (SSSR count). The van der Waals surface area contributed by atoms with E-state index in [1.807, 2.05) is 104 Å². The molecule has 178 valence electrons. The SMILES string of the molecule is CNC(=O)[C@@H](Cc1ccccc1)N(Cc1cccc(C)c1)C(=O)COc1cccc2ccccc12. The van der Waals surface area contributed by atoms with Crippen LogP contribution in [0.4, 0.5) is 0 Å². The summed E-state index contributed by atoms with van der Waals surface area (Å²) < 4.78 is 6.01. The van der Waals surface area contributed by atoms with Crippen LogP contribution in [0.5, 0.6) is 5.75 Å². The van der Waals surface area contributed by atoms with Crippen molar-refractivity contribution >= 4 is 22.6 Å². The Balaban J connectivity index is 1.62. The van der Waals surface area contributed by atoms with Crippen molar-refractivity contribution < 1.29 is 14.3 Å². The second kappa shape index (κ2) is 11.3. The first-order valence-corrected chi connectivity index (χ1v) is 11.8. The van der Waals surface area contributed by atoms with Crippen LogP contribution in [0.1, 0.15) is 16.7 Å². The van der Waals surface area contributed by atoms with Crippen molar-refractivity contribution in [2.45, 2.75) is 25.9 Å². The van der Waals surface area contributed by atoms with E-state index in [0.717, 1.165) is 27.5 Å². The van der Waals surface area contributed by atoms with Gasteiger partial charge >= 0.3 is 0 Å². The fourth-order valence-corrected chi connectivity index (χ4v) is 4.27. The topological polar surface area (TPSA) is 58.6 Å². The minimum Gasteiger partial charge on any atom is -0.483 e. The fraction of sp³-hybridized carbons (Fsp3) is 0.200. The number of aryl methyl sites for hydroxylation is 1. The molecule has 0 radical (unpaired) electrons. The third-order valence-electron chi connectivity index (χ3n) is 6.05. The Morgan fingerprint density at radius 3 is 2.31 bits per heavy atom. The van der Waals surface area contributed by atoms with Crippen molar-refractivity contribution in [3.63, 3.8) is 0 Å². The van der Waals surface area contributed by atoms with Gasteiger partial charge in [-0.3, -0.25) is 9.59 Å². The number of ether oxygens (including phenoxy) is 1. The summed E-state index contributed by atoms with van der Waals surface area (Å²) >= 11 is 0. The lowest BCUT2D eigenvalue weighted by molar-refractivity contribution is -0.142. The zero-order chi connectivity index (χ0) is 24.6. The molecule has 4 aromatic carbocycles. The Morgan fingerprint density at radius 1 is 0.857 bits per heavy atom. The van der Waals surface area contributed by atoms with E-state index in [9.17, 15) is 9.59 Å². The molecule has 0 aliphatic heterocycles. The van der Waals surface area contributed by atoms with Crippen LogP contribution < -0.4 is 10.1 Å². The van der Waals surface area contributed by atoms with Crippen molar-refractivity contribution in [1.29, 1.82) is 0 Å². The van der Waals surface area contributed by atoms with Gasteiger partial charge in [0.15, 0.2) is 6.61 Å². The molecule has 0 unspecified atom stereocenters. The van der Waals surface area contributed by atoms with Crippen LogP contribution in [-0.2, 0) is 22.6 Å². The van der Waals surface area contributed by atoms with Gasteiger partial charge in [0, 0.05) is 25.4 Å². The highest BCUT2D eigenvalue weighted by Crippen LogP contribution is 2.25. The highest BCUT2D eigenvalue weighted by Gasteiger charge is 2.30. The van der Waals surface area contributed by atoms with E-state index in [-0.39, 0.29) is 18.4 Å². The van der Waals surface area contributed by atoms with Crippen molar-refractivity contribution in [1.82, 2.24) is 10.2 Å². The van der Waals surface area contributed by atoms with E-state index in [4.69, 9.17) is 4.74 Å². The van der Waals surface area contributed by atoms with Crippen molar-refractivity contribution in [2.75, 3.05) is 13.7 Å². The Labute approximate surface area is 206 Å². The summed E-state index contributed by atoms with van der Waals surface area (Å²) in [6.07, 6.45) is 0.409. The van der Waals surface area contributed by atoms with Gasteiger partial charge in [-0.25, -0.2) is 0 Å². The summed E-state index contributed by atoms with van der Waals surface area (Å²) in [5.74, 6) is 0.190. The average molecular weight is 467 g/mol. The van der Waals surface area contributed by atoms with Crippen LogP contribution in [-0.4, -0.2) is 36.4 Å². The Hall–Kier alpha value is -4.12. The molecule has 2 amide bonds. The second-order valence-corrected chi connectivity index (χ2v) is 8.60. The summed E-state index contributed by atoms with van der Waals surface area (Å²) in [4.78, 5) is 28.3. The lowest BCUT2D eigenvalue weighted by atomic mass is 10.0. The lowest BCUT2D eigenvalue weighted by Crippen LogP contribution is -2.51. The Kier molecular flexibility index (Phi) is 7.78. The van der Waals surface area contributed by atoms with Crippen LogP contribution in [0.15, 0.2) is 97.1 Å². The smallest absolute Gasteiger partial charge is 0.261 e. The molecule has 0 bridgehead atoms. The number of nitrogens with zero attached hydrogens (tertiary/aromatic N) is 1. The van der Waals surface area contributed by atoms with Crippen LogP contribution in [0.25, 0.3) is 10.8 Å². The maximum Gasteiger partial charge on any atom is 0.261 e. The van der Waals surface area contributed by atoms with E-state index < -0.39 is 6.04 Å². The number of amides is 2. The van der Waals surface area contributed by atoms with Crippen LogP contribution >= 0.6 is 0 Å². The molecule has 0 saturated heterocycles. The number of hydrogen-bond acceptors (Lipinski definition) is 3. The lowest BCUT2D eigenvalue weighted by Gasteiger charge is -2.31. The van der Waals surface area contributed by atoms with Gasteiger partial charge in [-0.1, -0.05) is 96.6 Å². The monoisotopic (exact) mass is 466 g/mol. The molecule has 0 aliphatic carbocycles. The average Bonchev–Trinajstić information content (AvgIpc) is 2.89. The fourth-order valence-electron chi connectivity index (χ4n) is 4.27. The molecule has 0 saturated carbocycles. The molecular formula is C30H30N2O3. The van der Waals surface area contributed by atoms with Gasteiger partial charge in [0.2, 0.25) is 5.91 Å². The minimum absolute atomic E-state index is 0.165. The summed E-state index contributed by atoms with van der Waals surface area (Å²) in [6, 6.07) is 30.8. The summed E-state index contributed by atoms with van der Waals surface area (Å²) in [5.41, 5.74) is 3.05. The minimum atomic E-state index is -0.675. The number of carbonyl (C=O) groups is 2. The second-order valence-electron chi connectivity index (χ2n) is 8.60. The number of likely N-dealkylation sites (N-methyl/N-ethyl adjacent to an activating group) is 1. The largest absolute Gasteiger partial charge is 0.483 e. The molecule has 35 heavy (non-hydrogen) atoms. The molecule has 0 spiro atoms. The van der Waals surface area contributed by atoms with Gasteiger partial charge in [-0.2, -0.15) is 0 Å². The molecule has 0 aliphatic rings. The molecule has 1 atom stereocenters. The summed E-state index contributed by atoms with van der Waals surface area (Å²) in [7, 11) is 1.60. The number of hydrogen-bond donors (Lipinski definition) is 1. The normalized spacial score (nSPS) is 11.6. The number of benzene rings is 4. The van der Waals surface area contributed by atoms with Gasteiger partial charge in [0.1, 0.15) is 11.8 Å². The number of carbonyl (C=O) groups excluding carboxylic acids is 2. The molecule has 1 N–H and O–H groups in total. The first-order valence-electron chi connectivity index (χ1n) is 11.8. The van der Waals surface area contributed by atoms with E-state index in [1.165, 1.54) is 0 Å². The van der Waals surface area contributed by atoms with E-state index in [2.05, 4.69) is 5.32 Å². The quantitative estimate of drug-likeness (QED) is 0.381. The molecule has 0 heterocycles. The third-order valence-corrected chi connectivity index (χ3v) is 6.05. The molecule has 4 aromatic rings. The molecule has 5 heteroatoms. The summed E-state index contributed by atoms with van der Waals surface area (Å²) in [6.45, 7) is 2.16. The van der Waals surface area contributed by atoms with E-state index >= 15 is 0 Å². The summed E-state index contributed by atoms with van der Waals surface area (Å²) in [5, 5.41) is 4.73. The first-order chi connectivity index (χ1) is 17.0. The molecular weight excluding hydrogens is 436 g/mol. The number of fused-ring (bicyclic) bond motifs is 1. The van der Waals surface area contributed by atoms with Gasteiger partial charge in [-0.05, 0) is 29.5 Å². The maximum atomic E-state index is 13.6. The Morgan fingerprint density at radius 2 is 1.54 bits per heavy atom. The van der Waals surface area contributed by atoms with Crippen molar-refractivity contribution in [2.24, 2.45) is 0 Å². The zero-order valence-corrected chi connectivity index (χ0v) is 20.1. The van der Waals surface area contributed by atoms with Crippen molar-refractivity contribution in [3.8, 4) is 5.75 Å². The zero-order valence-electron chi connectivity index (χ0n) is 20.1. The van der Waals surface area contributed by atoms with Gasteiger partial charge in [0.05, 0.1) is 0 Å². The molecule has 5 nitrogen and oxygen atoms in total. The number of rotatable bonds is 9. The van der Waals surface area contributed by atoms with Crippen molar-refractivity contribution in [3.05, 3.63) is 114 Å². The molecule has 0 fully saturated rings. The van der Waals surface area contributed by atoms with Gasteiger partial charge in [0.25, 0.3) is 5.91 Å². The van der Waals surface area contributed by atoms with Crippen LogP contribution in [0.2, 0.25) is 0 Å². The van der Waals surface area contributed by atoms with Crippen LogP contribution in [0.3, 0.4) is 0 Å². The van der Waals surface area contributed by atoms with Gasteiger partial charge in [-0.15, -0.1) is 0 Å². The van der Waals surface area contributed by atoms with Gasteiger partial charge < -0.3 is 15.0 Å². The first kappa shape index (κ1) is 24.0. The standard InChI is InChI=1S/C30H30N2O3/c1-22-10-8-13-24(18-22)20-32(27(30(34)31-2)19-23-11-4-3-5-12-23)29(33)21-35-28-17-9-15-25-14-6-7-16-26(25)28/h3-18,27H,19-21H2,1-2H3,(H,31,34)/t27-/m1/s1.